The lowest BCUT2D eigenvalue weighted by Crippen LogP contribution is -2.30. The van der Waals surface area contributed by atoms with E-state index in [1.807, 2.05) is 19.9 Å². The van der Waals surface area contributed by atoms with E-state index in [4.69, 9.17) is 0 Å². The predicted octanol–water partition coefficient (Wildman–Crippen LogP) is 4.70. The lowest BCUT2D eigenvalue weighted by molar-refractivity contribution is -0.384. The summed E-state index contributed by atoms with van der Waals surface area (Å²) in [6, 6.07) is 15.6. The van der Waals surface area contributed by atoms with Crippen molar-refractivity contribution in [1.29, 1.82) is 0 Å². The molecule has 0 saturated heterocycles. The van der Waals surface area contributed by atoms with Crippen LogP contribution in [0.1, 0.15) is 30.5 Å². The van der Waals surface area contributed by atoms with Crippen molar-refractivity contribution in [2.45, 2.75) is 32.6 Å². The maximum absolute atomic E-state index is 13.3. The Morgan fingerprint density at radius 3 is 2.33 bits per heavy atom. The molecular formula is C28H29N5O6S. The molecule has 0 bridgehead atoms. The van der Waals surface area contributed by atoms with Gasteiger partial charge in [0.1, 0.15) is 5.69 Å². The molecule has 1 heterocycles. The van der Waals surface area contributed by atoms with E-state index < -0.39 is 26.2 Å². The van der Waals surface area contributed by atoms with Gasteiger partial charge in [0.15, 0.2) is 0 Å². The number of pyridine rings is 1. The molecule has 11 nitrogen and oxygen atoms in total. The highest BCUT2D eigenvalue weighted by molar-refractivity contribution is 7.89. The van der Waals surface area contributed by atoms with Crippen molar-refractivity contribution in [2.75, 3.05) is 18.5 Å². The van der Waals surface area contributed by atoms with Gasteiger partial charge in [-0.25, -0.2) is 13.0 Å². The number of anilines is 1. The molecule has 2 N–H and O–H groups in total. The van der Waals surface area contributed by atoms with Crippen LogP contribution in [0.2, 0.25) is 0 Å². The topological polar surface area (TPSA) is 147 Å². The lowest BCUT2D eigenvalue weighted by atomic mass is 10.1. The number of aryl methyl sites for hydroxylation is 2. The number of nitro groups is 1. The summed E-state index contributed by atoms with van der Waals surface area (Å²) in [4.78, 5) is 24.2. The van der Waals surface area contributed by atoms with Crippen LogP contribution in [0.15, 0.2) is 75.5 Å². The van der Waals surface area contributed by atoms with Gasteiger partial charge < -0.3 is 5.11 Å². The zero-order chi connectivity index (χ0) is 29.2. The molecule has 208 valence electrons. The monoisotopic (exact) mass is 563 g/mol. The van der Waals surface area contributed by atoms with Crippen molar-refractivity contribution in [2.24, 2.45) is 5.10 Å². The summed E-state index contributed by atoms with van der Waals surface area (Å²) in [7, 11) is -3.91. The second-order valence-electron chi connectivity index (χ2n) is 9.09. The van der Waals surface area contributed by atoms with Gasteiger partial charge in [0, 0.05) is 29.9 Å². The van der Waals surface area contributed by atoms with E-state index in [1.54, 1.807) is 50.2 Å². The Morgan fingerprint density at radius 1 is 1.02 bits per heavy atom. The quantitative estimate of drug-likeness (QED) is 0.170. The fourth-order valence-corrected chi connectivity index (χ4v) is 5.87. The summed E-state index contributed by atoms with van der Waals surface area (Å²) in [5.41, 5.74) is 4.28. The Hall–Kier alpha value is -4.55. The van der Waals surface area contributed by atoms with Crippen LogP contribution < -0.4 is 11.0 Å². The van der Waals surface area contributed by atoms with Crippen LogP contribution in [0.25, 0.3) is 16.5 Å². The Morgan fingerprint density at radius 2 is 1.70 bits per heavy atom. The number of benzene rings is 3. The van der Waals surface area contributed by atoms with E-state index in [9.17, 15) is 28.4 Å². The van der Waals surface area contributed by atoms with Crippen LogP contribution in [0.3, 0.4) is 0 Å². The van der Waals surface area contributed by atoms with Crippen molar-refractivity contribution in [3.05, 3.63) is 97.8 Å². The summed E-state index contributed by atoms with van der Waals surface area (Å²) >= 11 is 0. The average molecular weight is 564 g/mol. The lowest BCUT2D eigenvalue weighted by Gasteiger charge is -2.18. The van der Waals surface area contributed by atoms with Gasteiger partial charge in [0.2, 0.25) is 15.9 Å². The predicted molar refractivity (Wildman–Crippen MR) is 155 cm³/mol. The number of hydrazone groups is 1. The minimum Gasteiger partial charge on any atom is -0.494 e. The van der Waals surface area contributed by atoms with Crippen LogP contribution in [0.4, 0.5) is 11.4 Å². The van der Waals surface area contributed by atoms with Crippen molar-refractivity contribution in [3.8, 4) is 11.6 Å². The van der Waals surface area contributed by atoms with Crippen LogP contribution >= 0.6 is 0 Å². The van der Waals surface area contributed by atoms with E-state index in [2.05, 4.69) is 10.5 Å². The molecule has 0 fully saturated rings. The molecule has 4 aromatic rings. The highest BCUT2D eigenvalue weighted by Gasteiger charge is 2.26. The average Bonchev–Trinajstić information content (AvgIpc) is 2.93. The smallest absolute Gasteiger partial charge is 0.295 e. The minimum atomic E-state index is -3.91. The number of hydrogen-bond acceptors (Lipinski definition) is 8. The second-order valence-corrected chi connectivity index (χ2v) is 11.0. The van der Waals surface area contributed by atoms with E-state index in [0.29, 0.717) is 16.5 Å². The Bertz CT molecular complexity index is 1810. The zero-order valence-electron chi connectivity index (χ0n) is 22.5. The number of aromatic hydroxyl groups is 1. The molecule has 4 rings (SSSR count). The minimum absolute atomic E-state index is 0.0500. The number of nitrogens with one attached hydrogen (secondary N) is 1. The second kappa shape index (κ2) is 11.3. The van der Waals surface area contributed by atoms with E-state index in [0.717, 1.165) is 17.2 Å². The van der Waals surface area contributed by atoms with Crippen molar-refractivity contribution in [1.82, 2.24) is 8.87 Å². The molecule has 0 saturated carbocycles. The van der Waals surface area contributed by atoms with Crippen LogP contribution in [0, 0.1) is 24.0 Å². The maximum Gasteiger partial charge on any atom is 0.295 e. The third-order valence-electron chi connectivity index (χ3n) is 6.74. The van der Waals surface area contributed by atoms with Gasteiger partial charge in [0.25, 0.3) is 11.2 Å². The highest BCUT2D eigenvalue weighted by atomic mass is 32.2. The van der Waals surface area contributed by atoms with Gasteiger partial charge in [-0.15, -0.1) is 0 Å². The van der Waals surface area contributed by atoms with Gasteiger partial charge in [-0.3, -0.25) is 20.3 Å². The molecule has 0 radical (unpaired) electrons. The molecular weight excluding hydrogens is 534 g/mol. The molecule has 0 atom stereocenters. The van der Waals surface area contributed by atoms with Gasteiger partial charge in [-0.1, -0.05) is 38.1 Å². The van der Waals surface area contributed by atoms with Gasteiger partial charge >= 0.3 is 0 Å². The van der Waals surface area contributed by atoms with Crippen molar-refractivity contribution >= 4 is 38.4 Å². The number of nitro benzene ring substituents is 1. The van der Waals surface area contributed by atoms with Gasteiger partial charge in [-0.05, 0) is 55.3 Å². The number of sulfonamides is 1. The third-order valence-corrected chi connectivity index (χ3v) is 8.79. The Kier molecular flexibility index (Phi) is 8.03. The van der Waals surface area contributed by atoms with Gasteiger partial charge in [-0.2, -0.15) is 9.41 Å². The van der Waals surface area contributed by atoms with Crippen LogP contribution in [-0.4, -0.2) is 46.6 Å². The van der Waals surface area contributed by atoms with Crippen LogP contribution in [0.5, 0.6) is 5.88 Å². The first-order valence-electron chi connectivity index (χ1n) is 12.5. The summed E-state index contributed by atoms with van der Waals surface area (Å²) in [6.45, 7) is 7.65. The largest absolute Gasteiger partial charge is 0.494 e. The first kappa shape index (κ1) is 28.5. The standard InChI is InChI=1S/C28H29N5O6S/c1-5-31(6-2)40(38,39)21-13-14-25(26(16-21)33(36)37)30-29-17-24-22-9-7-8-10-23(22)27(34)32(28(24)35)20-12-11-18(3)19(4)15-20/h7-17,30,35H,5-6H2,1-4H3/b29-17+. The Balaban J connectivity index is 1.79. The first-order chi connectivity index (χ1) is 19.0. The molecule has 1 aromatic heterocycles. The molecule has 0 aliphatic rings. The highest BCUT2D eigenvalue weighted by Crippen LogP contribution is 2.30. The summed E-state index contributed by atoms with van der Waals surface area (Å²) in [5.74, 6) is -0.354. The number of nitrogens with zero attached hydrogens (tertiary/aromatic N) is 4. The Labute approximate surface area is 231 Å². The first-order valence-corrected chi connectivity index (χ1v) is 14.0. The molecule has 0 unspecified atom stereocenters. The fraction of sp³-hybridized carbons (Fsp3) is 0.214. The summed E-state index contributed by atoms with van der Waals surface area (Å²) in [5, 5.41) is 27.9. The number of rotatable bonds is 9. The number of aromatic nitrogens is 1. The molecule has 0 amide bonds. The molecule has 12 heteroatoms. The SMILES string of the molecule is CCN(CC)S(=O)(=O)c1ccc(N/N=C/c2c(O)n(-c3ccc(C)c(C)c3)c(=O)c3ccccc23)c([N+](=O)[O-])c1. The third kappa shape index (κ3) is 5.18. The molecule has 0 aliphatic carbocycles. The number of hydrogen-bond donors (Lipinski definition) is 2. The van der Waals surface area contributed by atoms with Gasteiger partial charge in [0.05, 0.1) is 27.3 Å². The van der Waals surface area contributed by atoms with E-state index >= 15 is 0 Å². The van der Waals surface area contributed by atoms with Crippen molar-refractivity contribution in [3.63, 3.8) is 0 Å². The zero-order valence-corrected chi connectivity index (χ0v) is 23.3. The summed E-state index contributed by atoms with van der Waals surface area (Å²) < 4.78 is 28.1. The summed E-state index contributed by atoms with van der Waals surface area (Å²) in [6.07, 6.45) is 1.26. The molecule has 0 aliphatic heterocycles. The van der Waals surface area contributed by atoms with E-state index in [1.165, 1.54) is 27.2 Å². The van der Waals surface area contributed by atoms with Crippen molar-refractivity contribution < 1.29 is 18.4 Å². The van der Waals surface area contributed by atoms with E-state index in [-0.39, 0.29) is 35.1 Å². The van der Waals surface area contributed by atoms with Crippen LogP contribution in [-0.2, 0) is 10.0 Å². The molecule has 3 aromatic carbocycles. The maximum atomic E-state index is 13.3. The fourth-order valence-electron chi connectivity index (χ4n) is 4.39. The molecule has 40 heavy (non-hydrogen) atoms. The molecule has 0 spiro atoms. The normalized spacial score (nSPS) is 11.9. The number of fused-ring (bicyclic) bond motifs is 1.